The Balaban J connectivity index is 1.92. The molecule has 0 saturated heterocycles. The molecule has 0 bridgehead atoms. The summed E-state index contributed by atoms with van der Waals surface area (Å²) in [7, 11) is 1.46. The van der Waals surface area contributed by atoms with Gasteiger partial charge in [-0.1, -0.05) is 32.0 Å². The predicted octanol–water partition coefficient (Wildman–Crippen LogP) is 1.58. The third-order valence-electron chi connectivity index (χ3n) is 4.17. The molecule has 0 radical (unpaired) electrons. The van der Waals surface area contributed by atoms with E-state index in [1.54, 1.807) is 0 Å². The number of benzene rings is 1. The van der Waals surface area contributed by atoms with Crippen molar-refractivity contribution in [2.75, 3.05) is 13.7 Å². The Hall–Kier alpha value is -1.88. The number of aryl methyl sites for hydroxylation is 2. The zero-order valence-corrected chi connectivity index (χ0v) is 14.1. The second-order valence-corrected chi connectivity index (χ2v) is 6.40. The van der Waals surface area contributed by atoms with Crippen LogP contribution in [-0.4, -0.2) is 31.6 Å². The van der Waals surface area contributed by atoms with Crippen LogP contribution in [0.4, 0.5) is 0 Å². The Labute approximate surface area is 137 Å². The SMILES string of the molecule is COCC(=O)N[C@H](C(=O)NCc1ccc2c(c1)CCC2)C(C)C. The summed E-state index contributed by atoms with van der Waals surface area (Å²) in [5.74, 6) is -0.431. The number of carbonyl (C=O) groups is 2. The summed E-state index contributed by atoms with van der Waals surface area (Å²) in [5, 5.41) is 5.64. The van der Waals surface area contributed by atoms with Crippen LogP contribution < -0.4 is 10.6 Å². The largest absolute Gasteiger partial charge is 0.375 e. The molecule has 2 N–H and O–H groups in total. The number of ether oxygens (including phenoxy) is 1. The van der Waals surface area contributed by atoms with Gasteiger partial charge in [0.2, 0.25) is 11.8 Å². The molecule has 2 amide bonds. The number of carbonyl (C=O) groups excluding carboxylic acids is 2. The van der Waals surface area contributed by atoms with Crippen molar-refractivity contribution in [3.63, 3.8) is 0 Å². The van der Waals surface area contributed by atoms with E-state index in [-0.39, 0.29) is 24.3 Å². The molecule has 1 aromatic carbocycles. The number of methoxy groups -OCH3 is 1. The van der Waals surface area contributed by atoms with Gasteiger partial charge < -0.3 is 15.4 Å². The van der Waals surface area contributed by atoms with Crippen molar-refractivity contribution < 1.29 is 14.3 Å². The molecule has 23 heavy (non-hydrogen) atoms. The quantitative estimate of drug-likeness (QED) is 0.802. The molecule has 2 rings (SSSR count). The minimum Gasteiger partial charge on any atom is -0.375 e. The topological polar surface area (TPSA) is 67.4 Å². The van der Waals surface area contributed by atoms with Gasteiger partial charge in [-0.25, -0.2) is 0 Å². The molecular weight excluding hydrogens is 292 g/mol. The fourth-order valence-electron chi connectivity index (χ4n) is 2.92. The predicted molar refractivity (Wildman–Crippen MR) is 89.0 cm³/mol. The molecule has 1 aromatic rings. The third-order valence-corrected chi connectivity index (χ3v) is 4.17. The van der Waals surface area contributed by atoms with Crippen molar-refractivity contribution in [3.05, 3.63) is 34.9 Å². The van der Waals surface area contributed by atoms with Crippen molar-refractivity contribution in [2.45, 2.75) is 45.7 Å². The molecule has 0 aliphatic heterocycles. The molecule has 126 valence electrons. The van der Waals surface area contributed by atoms with E-state index in [9.17, 15) is 9.59 Å². The van der Waals surface area contributed by atoms with Crippen LogP contribution in [0.25, 0.3) is 0 Å². The summed E-state index contributed by atoms with van der Waals surface area (Å²) in [6, 6.07) is 5.85. The van der Waals surface area contributed by atoms with E-state index in [4.69, 9.17) is 4.74 Å². The van der Waals surface area contributed by atoms with Crippen LogP contribution in [0.15, 0.2) is 18.2 Å². The van der Waals surface area contributed by atoms with Crippen LogP contribution in [0.1, 0.15) is 37.0 Å². The van der Waals surface area contributed by atoms with Gasteiger partial charge in [-0.05, 0) is 41.9 Å². The lowest BCUT2D eigenvalue weighted by atomic mass is 10.0. The molecule has 0 saturated carbocycles. The van der Waals surface area contributed by atoms with E-state index in [0.717, 1.165) is 18.4 Å². The lowest BCUT2D eigenvalue weighted by Crippen LogP contribution is -2.50. The maximum atomic E-state index is 12.4. The zero-order chi connectivity index (χ0) is 16.8. The molecule has 0 spiro atoms. The monoisotopic (exact) mass is 318 g/mol. The summed E-state index contributed by atoms with van der Waals surface area (Å²) in [4.78, 5) is 24.0. The Morgan fingerprint density at radius 3 is 2.65 bits per heavy atom. The highest BCUT2D eigenvalue weighted by atomic mass is 16.5. The summed E-state index contributed by atoms with van der Waals surface area (Å²) in [6.45, 7) is 4.26. The number of fused-ring (bicyclic) bond motifs is 1. The van der Waals surface area contributed by atoms with Gasteiger partial charge in [0.05, 0.1) is 0 Å². The van der Waals surface area contributed by atoms with Crippen molar-refractivity contribution >= 4 is 11.8 Å². The molecular formula is C18H26N2O3. The summed E-state index contributed by atoms with van der Waals surface area (Å²) < 4.78 is 4.79. The summed E-state index contributed by atoms with van der Waals surface area (Å²) in [5.41, 5.74) is 3.92. The number of nitrogens with one attached hydrogen (secondary N) is 2. The van der Waals surface area contributed by atoms with Gasteiger partial charge >= 0.3 is 0 Å². The molecule has 1 aliphatic rings. The number of hydrogen-bond acceptors (Lipinski definition) is 3. The molecule has 0 unspecified atom stereocenters. The smallest absolute Gasteiger partial charge is 0.246 e. The average Bonchev–Trinajstić information content (AvgIpc) is 2.97. The maximum absolute atomic E-state index is 12.4. The second-order valence-electron chi connectivity index (χ2n) is 6.40. The van der Waals surface area contributed by atoms with Gasteiger partial charge in [0.1, 0.15) is 12.6 Å². The standard InChI is InChI=1S/C18H26N2O3/c1-12(2)17(20-16(21)11-23-3)18(22)19-10-13-7-8-14-5-4-6-15(14)9-13/h7-9,12,17H,4-6,10-11H2,1-3H3,(H,19,22)(H,20,21)/t17-/m0/s1. The molecule has 1 atom stereocenters. The first kappa shape index (κ1) is 17.5. The maximum Gasteiger partial charge on any atom is 0.246 e. The van der Waals surface area contributed by atoms with E-state index < -0.39 is 6.04 Å². The van der Waals surface area contributed by atoms with E-state index in [0.29, 0.717) is 6.54 Å². The highest BCUT2D eigenvalue weighted by molar-refractivity contribution is 5.88. The fourth-order valence-corrected chi connectivity index (χ4v) is 2.92. The van der Waals surface area contributed by atoms with Crippen molar-refractivity contribution in [2.24, 2.45) is 5.92 Å². The highest BCUT2D eigenvalue weighted by Gasteiger charge is 2.23. The lowest BCUT2D eigenvalue weighted by molar-refractivity contribution is -0.132. The van der Waals surface area contributed by atoms with E-state index >= 15 is 0 Å². The summed E-state index contributed by atoms with van der Waals surface area (Å²) in [6.07, 6.45) is 3.49. The normalized spacial score (nSPS) is 14.4. The van der Waals surface area contributed by atoms with E-state index in [1.165, 1.54) is 24.7 Å². The Kier molecular flexibility index (Phi) is 6.16. The molecule has 1 aliphatic carbocycles. The van der Waals surface area contributed by atoms with Gasteiger partial charge in [-0.15, -0.1) is 0 Å². The van der Waals surface area contributed by atoms with Crippen LogP contribution >= 0.6 is 0 Å². The molecule has 5 nitrogen and oxygen atoms in total. The lowest BCUT2D eigenvalue weighted by Gasteiger charge is -2.21. The van der Waals surface area contributed by atoms with Crippen LogP contribution in [-0.2, 0) is 33.7 Å². The van der Waals surface area contributed by atoms with Gasteiger partial charge in [0, 0.05) is 13.7 Å². The fraction of sp³-hybridized carbons (Fsp3) is 0.556. The van der Waals surface area contributed by atoms with Crippen LogP contribution in [0, 0.1) is 5.92 Å². The number of rotatable bonds is 7. The van der Waals surface area contributed by atoms with Crippen LogP contribution in [0.5, 0.6) is 0 Å². The number of hydrogen-bond donors (Lipinski definition) is 2. The van der Waals surface area contributed by atoms with Crippen molar-refractivity contribution in [1.82, 2.24) is 10.6 Å². The van der Waals surface area contributed by atoms with Crippen LogP contribution in [0.2, 0.25) is 0 Å². The van der Waals surface area contributed by atoms with E-state index in [2.05, 4.69) is 28.8 Å². The second kappa shape index (κ2) is 8.11. The Morgan fingerprint density at radius 2 is 1.96 bits per heavy atom. The first-order valence-electron chi connectivity index (χ1n) is 8.18. The van der Waals surface area contributed by atoms with Gasteiger partial charge in [0.25, 0.3) is 0 Å². The molecule has 5 heteroatoms. The Bertz CT molecular complexity index is 569. The van der Waals surface area contributed by atoms with E-state index in [1.807, 2.05) is 13.8 Å². The summed E-state index contributed by atoms with van der Waals surface area (Å²) >= 11 is 0. The average molecular weight is 318 g/mol. The van der Waals surface area contributed by atoms with Gasteiger partial charge in [0.15, 0.2) is 0 Å². The minimum absolute atomic E-state index is 0.0100. The van der Waals surface area contributed by atoms with Gasteiger partial charge in [-0.3, -0.25) is 9.59 Å². The first-order valence-corrected chi connectivity index (χ1v) is 8.18. The Morgan fingerprint density at radius 1 is 1.22 bits per heavy atom. The molecule has 0 fully saturated rings. The van der Waals surface area contributed by atoms with Crippen LogP contribution in [0.3, 0.4) is 0 Å². The van der Waals surface area contributed by atoms with Crippen molar-refractivity contribution in [1.29, 1.82) is 0 Å². The van der Waals surface area contributed by atoms with Gasteiger partial charge in [-0.2, -0.15) is 0 Å². The molecule has 0 heterocycles. The zero-order valence-electron chi connectivity index (χ0n) is 14.1. The third kappa shape index (κ3) is 4.79. The number of amides is 2. The molecule has 0 aromatic heterocycles. The highest BCUT2D eigenvalue weighted by Crippen LogP contribution is 2.22. The van der Waals surface area contributed by atoms with Crippen molar-refractivity contribution in [3.8, 4) is 0 Å². The first-order chi connectivity index (χ1) is 11.0. The minimum atomic E-state index is -0.549.